The maximum absolute atomic E-state index is 4.68. The lowest BCUT2D eigenvalue weighted by atomic mass is 10.3. The zero-order valence-corrected chi connectivity index (χ0v) is 11.7. The quantitative estimate of drug-likeness (QED) is 0.478. The average Bonchev–Trinajstić information content (AvgIpc) is 2.24. The Morgan fingerprint density at radius 2 is 1.81 bits per heavy atom. The summed E-state index contributed by atoms with van der Waals surface area (Å²) in [4.78, 5) is 4.68. The molecule has 2 nitrogen and oxygen atoms in total. The fourth-order valence-corrected chi connectivity index (χ4v) is 1.93. The van der Waals surface area contributed by atoms with Crippen molar-refractivity contribution in [3.63, 3.8) is 0 Å². The number of anilines is 1. The molecule has 16 heavy (non-hydrogen) atoms. The fraction of sp³-hybridized carbons (Fsp3) is 0.462. The molecule has 1 aromatic rings. The van der Waals surface area contributed by atoms with Gasteiger partial charge in [0.15, 0.2) is 0 Å². The van der Waals surface area contributed by atoms with Gasteiger partial charge in [0.2, 0.25) is 0 Å². The van der Waals surface area contributed by atoms with Gasteiger partial charge in [0.25, 0.3) is 0 Å². The van der Waals surface area contributed by atoms with Crippen LogP contribution in [0.4, 0.5) is 5.69 Å². The lowest BCUT2D eigenvalue weighted by Gasteiger charge is -2.14. The molecule has 0 aliphatic carbocycles. The molecule has 88 valence electrons. The summed E-state index contributed by atoms with van der Waals surface area (Å²) in [5, 5.41) is 3.37. The predicted octanol–water partition coefficient (Wildman–Crippen LogP) is 3.78. The zero-order chi connectivity index (χ0) is 12.0. The molecule has 0 heterocycles. The molecule has 0 saturated heterocycles. The van der Waals surface area contributed by atoms with Crippen molar-refractivity contribution in [1.82, 2.24) is 0 Å². The van der Waals surface area contributed by atoms with Crippen LogP contribution in [-0.2, 0) is 0 Å². The van der Waals surface area contributed by atoms with E-state index < -0.39 is 8.07 Å². The molecule has 3 heteroatoms. The van der Waals surface area contributed by atoms with E-state index in [1.165, 1.54) is 0 Å². The minimum Gasteiger partial charge on any atom is -0.344 e. The Bertz CT molecular complexity index is 339. The molecule has 0 fully saturated rings. The summed E-state index contributed by atoms with van der Waals surface area (Å²) in [5.41, 5.74) is 1.12. The normalized spacial score (nSPS) is 12.6. The molecule has 0 aromatic heterocycles. The summed E-state index contributed by atoms with van der Waals surface area (Å²) in [6.45, 7) is 9.16. The van der Waals surface area contributed by atoms with Gasteiger partial charge in [0.1, 0.15) is 0 Å². The van der Waals surface area contributed by atoms with Crippen LogP contribution in [0.15, 0.2) is 35.3 Å². The highest BCUT2D eigenvalue weighted by atomic mass is 28.3. The van der Waals surface area contributed by atoms with Gasteiger partial charge in [-0.25, -0.2) is 0 Å². The number of aliphatic imine (C=N–C) groups is 1. The Balaban J connectivity index is 2.62. The molecule has 0 radical (unpaired) electrons. The van der Waals surface area contributed by atoms with E-state index in [1.807, 2.05) is 18.2 Å². The van der Waals surface area contributed by atoms with Crippen LogP contribution in [0.2, 0.25) is 19.6 Å². The zero-order valence-electron chi connectivity index (χ0n) is 10.7. The third-order valence-corrected chi connectivity index (χ3v) is 3.25. The smallest absolute Gasteiger partial charge is 0.1000 e. The van der Waals surface area contributed by atoms with E-state index in [0.717, 1.165) is 24.1 Å². The third-order valence-electron chi connectivity index (χ3n) is 2.14. The van der Waals surface area contributed by atoms with Gasteiger partial charge in [0, 0.05) is 18.3 Å². The number of nitrogens with zero attached hydrogens (tertiary/aromatic N) is 1. The number of para-hydroxylation sites is 1. The summed E-state index contributed by atoms with van der Waals surface area (Å²) in [7, 11) is -1.08. The lowest BCUT2D eigenvalue weighted by Crippen LogP contribution is -2.26. The predicted molar refractivity (Wildman–Crippen MR) is 76.0 cm³/mol. The maximum atomic E-state index is 4.68. The van der Waals surface area contributed by atoms with Gasteiger partial charge in [-0.05, 0) is 12.1 Å². The Morgan fingerprint density at radius 1 is 1.19 bits per heavy atom. The molecule has 1 rings (SSSR count). The molecule has 0 aliphatic heterocycles. The van der Waals surface area contributed by atoms with Gasteiger partial charge < -0.3 is 5.32 Å². The summed E-state index contributed by atoms with van der Waals surface area (Å²) in [6, 6.07) is 10.2. The largest absolute Gasteiger partial charge is 0.344 e. The summed E-state index contributed by atoms with van der Waals surface area (Å²) >= 11 is 0. The van der Waals surface area contributed by atoms with E-state index in [9.17, 15) is 0 Å². The molecule has 1 aromatic carbocycles. The topological polar surface area (TPSA) is 24.4 Å². The highest BCUT2D eigenvalue weighted by molar-refractivity contribution is 6.76. The van der Waals surface area contributed by atoms with E-state index in [1.54, 1.807) is 0 Å². The van der Waals surface area contributed by atoms with E-state index in [4.69, 9.17) is 0 Å². The minimum atomic E-state index is -1.08. The second-order valence-electron chi connectivity index (χ2n) is 5.17. The van der Waals surface area contributed by atoms with Crippen LogP contribution in [-0.4, -0.2) is 20.1 Å². The Kier molecular flexibility index (Phi) is 4.74. The van der Waals surface area contributed by atoms with Gasteiger partial charge >= 0.3 is 0 Å². The van der Waals surface area contributed by atoms with Crippen LogP contribution >= 0.6 is 0 Å². The van der Waals surface area contributed by atoms with E-state index in [-0.39, 0.29) is 0 Å². The second-order valence-corrected chi connectivity index (χ2v) is 10.6. The SMILES string of the molecule is CC/C(=N/C[Si](C)(C)C)Nc1ccccc1. The van der Waals surface area contributed by atoms with Crippen molar-refractivity contribution in [3.05, 3.63) is 30.3 Å². The summed E-state index contributed by atoms with van der Waals surface area (Å²) < 4.78 is 0. The van der Waals surface area contributed by atoms with Crippen molar-refractivity contribution < 1.29 is 0 Å². The van der Waals surface area contributed by atoms with E-state index in [0.29, 0.717) is 0 Å². The number of rotatable bonds is 4. The molecule has 1 N–H and O–H groups in total. The van der Waals surface area contributed by atoms with E-state index >= 15 is 0 Å². The Labute approximate surface area is 99.8 Å². The summed E-state index contributed by atoms with van der Waals surface area (Å²) in [5.74, 6) is 1.09. The molecule has 0 unspecified atom stereocenters. The lowest BCUT2D eigenvalue weighted by molar-refractivity contribution is 1.19. The number of hydrogen-bond acceptors (Lipinski definition) is 1. The first-order valence-corrected chi connectivity index (χ1v) is 9.57. The van der Waals surface area contributed by atoms with Crippen molar-refractivity contribution in [1.29, 1.82) is 0 Å². The maximum Gasteiger partial charge on any atom is 0.1000 e. The third kappa shape index (κ3) is 5.12. The molecule has 0 aliphatic rings. The number of nitrogens with one attached hydrogen (secondary N) is 1. The number of amidine groups is 1. The first kappa shape index (κ1) is 13.0. The minimum absolute atomic E-state index is 0.958. The average molecular weight is 234 g/mol. The fourth-order valence-electron chi connectivity index (χ4n) is 1.26. The molecule has 0 atom stereocenters. The molecule has 0 saturated carbocycles. The monoisotopic (exact) mass is 234 g/mol. The highest BCUT2D eigenvalue weighted by Gasteiger charge is 2.12. The van der Waals surface area contributed by atoms with Crippen LogP contribution < -0.4 is 5.32 Å². The van der Waals surface area contributed by atoms with Gasteiger partial charge in [-0.3, -0.25) is 4.99 Å². The van der Waals surface area contributed by atoms with Gasteiger partial charge in [-0.2, -0.15) is 0 Å². The van der Waals surface area contributed by atoms with Crippen LogP contribution in [0, 0.1) is 0 Å². The number of benzene rings is 1. The Hall–Kier alpha value is -1.09. The van der Waals surface area contributed by atoms with Crippen molar-refractivity contribution in [2.24, 2.45) is 4.99 Å². The first-order valence-electron chi connectivity index (χ1n) is 5.86. The highest BCUT2D eigenvalue weighted by Crippen LogP contribution is 2.07. The molecular formula is C13H22N2Si. The second kappa shape index (κ2) is 5.85. The molecule has 0 bridgehead atoms. The first-order chi connectivity index (χ1) is 7.51. The molecule has 0 spiro atoms. The molecular weight excluding hydrogens is 212 g/mol. The van der Waals surface area contributed by atoms with Crippen molar-refractivity contribution in [2.75, 3.05) is 11.5 Å². The summed E-state index contributed by atoms with van der Waals surface area (Å²) in [6.07, 6.45) is 1.95. The number of hydrogen-bond donors (Lipinski definition) is 1. The van der Waals surface area contributed by atoms with Crippen molar-refractivity contribution in [3.8, 4) is 0 Å². The standard InChI is InChI=1S/C13H22N2Si/c1-5-13(14-11-16(2,3)4)15-12-9-7-6-8-10-12/h6-10H,5,11H2,1-4H3,(H,14,15). The van der Waals surface area contributed by atoms with Crippen LogP contribution in [0.1, 0.15) is 13.3 Å². The Morgan fingerprint density at radius 3 is 2.31 bits per heavy atom. The molecule has 0 amide bonds. The van der Waals surface area contributed by atoms with Crippen LogP contribution in [0.3, 0.4) is 0 Å². The van der Waals surface area contributed by atoms with Gasteiger partial charge in [-0.1, -0.05) is 44.8 Å². The van der Waals surface area contributed by atoms with E-state index in [2.05, 4.69) is 49.0 Å². The van der Waals surface area contributed by atoms with Gasteiger partial charge in [-0.15, -0.1) is 0 Å². The van der Waals surface area contributed by atoms with Crippen LogP contribution in [0.25, 0.3) is 0 Å². The van der Waals surface area contributed by atoms with Crippen molar-refractivity contribution >= 4 is 19.6 Å². The van der Waals surface area contributed by atoms with Crippen molar-refractivity contribution in [2.45, 2.75) is 33.0 Å². The van der Waals surface area contributed by atoms with Crippen LogP contribution in [0.5, 0.6) is 0 Å². The van der Waals surface area contributed by atoms with Gasteiger partial charge in [0.05, 0.1) is 13.9 Å².